The molecule has 0 saturated heterocycles. The van der Waals surface area contributed by atoms with Crippen molar-refractivity contribution < 1.29 is 13.2 Å². The highest BCUT2D eigenvalue weighted by Crippen LogP contribution is 2.21. The van der Waals surface area contributed by atoms with E-state index in [1.807, 2.05) is 0 Å². The summed E-state index contributed by atoms with van der Waals surface area (Å²) in [4.78, 5) is 12.3. The molecule has 0 bridgehead atoms. The molecule has 1 amide bonds. The first-order valence-electron chi connectivity index (χ1n) is 7.24. The van der Waals surface area contributed by atoms with Gasteiger partial charge in [-0.3, -0.25) is 4.79 Å². The zero-order valence-corrected chi connectivity index (χ0v) is 13.3. The fourth-order valence-electron chi connectivity index (χ4n) is 2.77. The monoisotopic (exact) mass is 310 g/mol. The van der Waals surface area contributed by atoms with E-state index >= 15 is 0 Å². The van der Waals surface area contributed by atoms with Gasteiger partial charge in [0.05, 0.1) is 4.90 Å². The minimum absolute atomic E-state index is 0.0243. The third kappa shape index (κ3) is 3.83. The second-order valence-electron chi connectivity index (χ2n) is 5.77. The summed E-state index contributed by atoms with van der Waals surface area (Å²) in [6.45, 7) is 3.47. The van der Waals surface area contributed by atoms with Gasteiger partial charge < -0.3 is 5.32 Å². The van der Waals surface area contributed by atoms with Gasteiger partial charge >= 0.3 is 0 Å². The average molecular weight is 310 g/mol. The molecule has 116 valence electrons. The second-order valence-corrected chi connectivity index (χ2v) is 7.30. The van der Waals surface area contributed by atoms with Gasteiger partial charge in [0.25, 0.3) is 5.91 Å². The molecule has 0 radical (unpaired) electrons. The number of amides is 1. The second kappa shape index (κ2) is 6.15. The van der Waals surface area contributed by atoms with Crippen molar-refractivity contribution in [2.75, 3.05) is 0 Å². The molecular formula is C15H22N2O3S. The smallest absolute Gasteiger partial charge is 0.251 e. The van der Waals surface area contributed by atoms with Gasteiger partial charge in [-0.25, -0.2) is 13.6 Å². The maximum absolute atomic E-state index is 12.3. The minimum atomic E-state index is -3.83. The first kappa shape index (κ1) is 16.0. The quantitative estimate of drug-likeness (QED) is 0.895. The van der Waals surface area contributed by atoms with Crippen molar-refractivity contribution in [3.63, 3.8) is 0 Å². The number of hydrogen-bond donors (Lipinski definition) is 2. The van der Waals surface area contributed by atoms with Crippen molar-refractivity contribution in [2.45, 2.75) is 56.9 Å². The van der Waals surface area contributed by atoms with Crippen LogP contribution in [0.2, 0.25) is 0 Å². The predicted molar refractivity (Wildman–Crippen MR) is 81.6 cm³/mol. The van der Waals surface area contributed by atoms with E-state index in [0.29, 0.717) is 11.1 Å². The molecule has 0 spiro atoms. The summed E-state index contributed by atoms with van der Waals surface area (Å²) >= 11 is 0. The maximum Gasteiger partial charge on any atom is 0.251 e. The zero-order chi connectivity index (χ0) is 15.6. The lowest BCUT2D eigenvalue weighted by Crippen LogP contribution is -2.36. The number of benzene rings is 1. The molecule has 1 aromatic rings. The molecule has 0 aromatic heterocycles. The Balaban J connectivity index is 2.27. The number of sulfonamides is 1. The number of nitrogens with one attached hydrogen (secondary N) is 1. The van der Waals surface area contributed by atoms with Crippen molar-refractivity contribution in [3.8, 4) is 0 Å². The number of primary sulfonamides is 1. The molecule has 0 unspecified atom stereocenters. The van der Waals surface area contributed by atoms with Crippen LogP contribution >= 0.6 is 0 Å². The molecule has 21 heavy (non-hydrogen) atoms. The van der Waals surface area contributed by atoms with Crippen LogP contribution in [0.4, 0.5) is 0 Å². The summed E-state index contributed by atoms with van der Waals surface area (Å²) in [6.07, 6.45) is 5.43. The molecule has 6 heteroatoms. The highest BCUT2D eigenvalue weighted by molar-refractivity contribution is 7.89. The molecule has 1 aliphatic rings. The molecule has 2 rings (SSSR count). The minimum Gasteiger partial charge on any atom is -0.349 e. The summed E-state index contributed by atoms with van der Waals surface area (Å²) in [7, 11) is -3.83. The van der Waals surface area contributed by atoms with Gasteiger partial charge in [-0.05, 0) is 49.9 Å². The van der Waals surface area contributed by atoms with E-state index in [0.717, 1.165) is 31.2 Å². The van der Waals surface area contributed by atoms with Crippen molar-refractivity contribution >= 4 is 15.9 Å². The Bertz CT molecular complexity index is 647. The lowest BCUT2D eigenvalue weighted by Gasteiger charge is -2.23. The molecule has 0 heterocycles. The van der Waals surface area contributed by atoms with Gasteiger partial charge in [0.2, 0.25) is 10.0 Å². The van der Waals surface area contributed by atoms with Gasteiger partial charge in [-0.2, -0.15) is 0 Å². The van der Waals surface area contributed by atoms with Gasteiger partial charge in [0, 0.05) is 11.6 Å². The van der Waals surface area contributed by atoms with Gasteiger partial charge in [-0.1, -0.05) is 19.3 Å². The van der Waals surface area contributed by atoms with Crippen molar-refractivity contribution in [1.82, 2.24) is 5.32 Å². The molecule has 5 nitrogen and oxygen atoms in total. The molecular weight excluding hydrogens is 288 g/mol. The Kier molecular flexibility index (Phi) is 4.68. The molecule has 1 aromatic carbocycles. The predicted octanol–water partition coefficient (Wildman–Crippen LogP) is 2.01. The van der Waals surface area contributed by atoms with Crippen molar-refractivity contribution in [2.24, 2.45) is 5.14 Å². The van der Waals surface area contributed by atoms with Gasteiger partial charge in [0.1, 0.15) is 0 Å². The van der Waals surface area contributed by atoms with E-state index in [9.17, 15) is 13.2 Å². The fraction of sp³-hybridized carbons (Fsp3) is 0.533. The van der Waals surface area contributed by atoms with Crippen LogP contribution in [0.1, 0.15) is 53.6 Å². The van der Waals surface area contributed by atoms with E-state index in [-0.39, 0.29) is 16.8 Å². The van der Waals surface area contributed by atoms with E-state index in [2.05, 4.69) is 5.32 Å². The topological polar surface area (TPSA) is 89.3 Å². The SMILES string of the molecule is Cc1cc(C(=O)NC2CCCCC2)cc(S(N)(=O)=O)c1C. The molecule has 3 N–H and O–H groups in total. The molecule has 1 fully saturated rings. The Morgan fingerprint density at radius 1 is 1.19 bits per heavy atom. The number of aryl methyl sites for hydroxylation is 1. The van der Waals surface area contributed by atoms with Crippen LogP contribution in [0.25, 0.3) is 0 Å². The molecule has 0 atom stereocenters. The molecule has 0 aliphatic heterocycles. The summed E-state index contributed by atoms with van der Waals surface area (Å²) in [5.41, 5.74) is 1.69. The van der Waals surface area contributed by atoms with E-state index in [1.54, 1.807) is 19.9 Å². The van der Waals surface area contributed by atoms with E-state index in [1.165, 1.54) is 12.5 Å². The van der Waals surface area contributed by atoms with E-state index in [4.69, 9.17) is 5.14 Å². The largest absolute Gasteiger partial charge is 0.349 e. The summed E-state index contributed by atoms with van der Waals surface area (Å²) in [6, 6.07) is 3.27. The first-order valence-corrected chi connectivity index (χ1v) is 8.78. The fourth-order valence-corrected chi connectivity index (χ4v) is 3.65. The highest BCUT2D eigenvalue weighted by atomic mass is 32.2. The maximum atomic E-state index is 12.3. The summed E-state index contributed by atoms with van der Waals surface area (Å²) in [5, 5.41) is 8.21. The van der Waals surface area contributed by atoms with Gasteiger partial charge in [-0.15, -0.1) is 0 Å². The third-order valence-electron chi connectivity index (χ3n) is 4.13. The zero-order valence-electron chi connectivity index (χ0n) is 12.5. The van der Waals surface area contributed by atoms with Gasteiger partial charge in [0.15, 0.2) is 0 Å². The van der Waals surface area contributed by atoms with Crippen LogP contribution in [0, 0.1) is 13.8 Å². The lowest BCUT2D eigenvalue weighted by molar-refractivity contribution is 0.0927. The highest BCUT2D eigenvalue weighted by Gasteiger charge is 2.20. The Labute approximate surface area is 126 Å². The van der Waals surface area contributed by atoms with Crippen LogP contribution in [0.15, 0.2) is 17.0 Å². The average Bonchev–Trinajstić information content (AvgIpc) is 2.41. The molecule has 1 saturated carbocycles. The van der Waals surface area contributed by atoms with Crippen LogP contribution in [0.3, 0.4) is 0 Å². The Morgan fingerprint density at radius 2 is 1.81 bits per heavy atom. The summed E-state index contributed by atoms with van der Waals surface area (Å²) < 4.78 is 23.2. The number of nitrogens with two attached hydrogens (primary N) is 1. The standard InChI is InChI=1S/C15H22N2O3S/c1-10-8-12(9-14(11(10)2)21(16,19)20)15(18)17-13-6-4-3-5-7-13/h8-9,13H,3-7H2,1-2H3,(H,17,18)(H2,16,19,20). The first-order chi connectivity index (χ1) is 9.79. The Morgan fingerprint density at radius 3 is 2.38 bits per heavy atom. The number of carbonyl (C=O) groups excluding carboxylic acids is 1. The van der Waals surface area contributed by atoms with Crippen LogP contribution in [-0.4, -0.2) is 20.4 Å². The normalized spacial score (nSPS) is 16.7. The van der Waals surface area contributed by atoms with Crippen LogP contribution in [-0.2, 0) is 10.0 Å². The van der Waals surface area contributed by atoms with Crippen molar-refractivity contribution in [3.05, 3.63) is 28.8 Å². The molecule has 1 aliphatic carbocycles. The Hall–Kier alpha value is -1.40. The van der Waals surface area contributed by atoms with Crippen LogP contribution < -0.4 is 10.5 Å². The number of hydrogen-bond acceptors (Lipinski definition) is 3. The van der Waals surface area contributed by atoms with Crippen molar-refractivity contribution in [1.29, 1.82) is 0 Å². The number of carbonyl (C=O) groups is 1. The summed E-state index contributed by atoms with van der Waals surface area (Å²) in [5.74, 6) is -0.227. The number of rotatable bonds is 3. The van der Waals surface area contributed by atoms with Crippen LogP contribution in [0.5, 0.6) is 0 Å². The lowest BCUT2D eigenvalue weighted by atomic mass is 9.95. The third-order valence-corrected chi connectivity index (χ3v) is 5.17. The van der Waals surface area contributed by atoms with E-state index < -0.39 is 10.0 Å².